The van der Waals surface area contributed by atoms with Crippen molar-refractivity contribution in [2.75, 3.05) is 0 Å². The summed E-state index contributed by atoms with van der Waals surface area (Å²) in [5.41, 5.74) is -0.508. The summed E-state index contributed by atoms with van der Waals surface area (Å²) in [4.78, 5) is 21.7. The number of aliphatic carboxylic acids is 1. The first kappa shape index (κ1) is 11.2. The molecule has 1 heterocycles. The fraction of sp³-hybridized carbons (Fsp3) is 0.333. The minimum absolute atomic E-state index is 0.153. The van der Waals surface area contributed by atoms with Crippen molar-refractivity contribution in [1.82, 2.24) is 5.32 Å². The molecule has 0 amide bonds. The second kappa shape index (κ2) is 4.12. The Balaban J connectivity index is 3.17. The Morgan fingerprint density at radius 1 is 1.47 bits per heavy atom. The number of carbonyl (C=O) groups is 2. The quantitative estimate of drug-likeness (QED) is 0.607. The highest BCUT2D eigenvalue weighted by Gasteiger charge is 2.24. The van der Waals surface area contributed by atoms with Crippen molar-refractivity contribution < 1.29 is 24.2 Å². The van der Waals surface area contributed by atoms with E-state index in [4.69, 9.17) is 5.11 Å². The highest BCUT2D eigenvalue weighted by atomic mass is 19.1. The molecule has 0 spiro atoms. The predicted octanol–water partition coefficient (Wildman–Crippen LogP) is 0.994. The van der Waals surface area contributed by atoms with Crippen LogP contribution < -0.4 is 5.32 Å². The number of hydrogen-bond acceptors (Lipinski definition) is 4. The second-order valence-electron chi connectivity index (χ2n) is 3.17. The van der Waals surface area contributed by atoms with Crippen molar-refractivity contribution in [3.8, 4) is 0 Å². The lowest BCUT2D eigenvalue weighted by Gasteiger charge is -2.13. The number of carboxylic acid groups (broad SMARTS) is 1. The van der Waals surface area contributed by atoms with E-state index < -0.39 is 29.2 Å². The first-order valence-electron chi connectivity index (χ1n) is 4.25. The van der Waals surface area contributed by atoms with E-state index >= 15 is 0 Å². The van der Waals surface area contributed by atoms with Gasteiger partial charge in [-0.2, -0.15) is 0 Å². The molecule has 0 aromatic rings. The van der Waals surface area contributed by atoms with Crippen LogP contribution >= 0.6 is 0 Å². The van der Waals surface area contributed by atoms with Crippen LogP contribution in [-0.2, 0) is 9.59 Å². The van der Waals surface area contributed by atoms with Crippen molar-refractivity contribution in [3.63, 3.8) is 0 Å². The Labute approximate surface area is 84.9 Å². The van der Waals surface area contributed by atoms with E-state index in [0.717, 1.165) is 0 Å². The maximum absolute atomic E-state index is 13.2. The van der Waals surface area contributed by atoms with Crippen LogP contribution in [0.4, 0.5) is 4.39 Å². The molecule has 6 heteroatoms. The van der Waals surface area contributed by atoms with Crippen LogP contribution in [0.25, 0.3) is 0 Å². The van der Waals surface area contributed by atoms with E-state index in [1.54, 1.807) is 0 Å². The number of halogens is 1. The molecule has 82 valence electrons. The third kappa shape index (κ3) is 2.34. The minimum Gasteiger partial charge on any atom is -0.495 e. The number of carboxylic acids is 1. The number of rotatable bonds is 1. The summed E-state index contributed by atoms with van der Waals surface area (Å²) in [5.74, 6) is -4.29. The first-order valence-corrected chi connectivity index (χ1v) is 4.25. The van der Waals surface area contributed by atoms with Crippen LogP contribution in [0.1, 0.15) is 19.8 Å². The zero-order chi connectivity index (χ0) is 11.6. The molecular weight excluding hydrogens is 205 g/mol. The van der Waals surface area contributed by atoms with Crippen LogP contribution in [-0.4, -0.2) is 22.0 Å². The zero-order valence-electron chi connectivity index (χ0n) is 8.00. The van der Waals surface area contributed by atoms with E-state index in [2.05, 4.69) is 0 Å². The van der Waals surface area contributed by atoms with Gasteiger partial charge in [0, 0.05) is 6.42 Å². The third-order valence-electron chi connectivity index (χ3n) is 2.05. The number of carbonyl (C=O) groups excluding carboxylic acids is 1. The number of aliphatic hydroxyl groups is 1. The van der Waals surface area contributed by atoms with E-state index in [1.165, 1.54) is 6.92 Å². The molecule has 1 aliphatic heterocycles. The summed E-state index contributed by atoms with van der Waals surface area (Å²) < 4.78 is 13.2. The summed E-state index contributed by atoms with van der Waals surface area (Å²) in [6, 6.07) is 0. The molecule has 0 fully saturated rings. The molecular formula is C9H10FNO4. The van der Waals surface area contributed by atoms with Gasteiger partial charge in [-0.3, -0.25) is 4.79 Å². The van der Waals surface area contributed by atoms with Crippen molar-refractivity contribution in [3.05, 3.63) is 23.0 Å². The Morgan fingerprint density at radius 3 is 2.60 bits per heavy atom. The number of hydrogen-bond donors (Lipinski definition) is 3. The zero-order valence-corrected chi connectivity index (χ0v) is 8.00. The van der Waals surface area contributed by atoms with Crippen molar-refractivity contribution in [2.45, 2.75) is 19.8 Å². The number of Topliss-reactive ketones (excluding diaryl/α,β-unsaturated/α-hetero) is 1. The molecule has 1 rings (SSSR count). The van der Waals surface area contributed by atoms with Gasteiger partial charge in [0.1, 0.15) is 0 Å². The lowest BCUT2D eigenvalue weighted by Crippen LogP contribution is -2.25. The first-order chi connectivity index (χ1) is 6.93. The summed E-state index contributed by atoms with van der Waals surface area (Å²) in [7, 11) is 0. The molecule has 0 radical (unpaired) electrons. The van der Waals surface area contributed by atoms with Gasteiger partial charge in [0.25, 0.3) is 0 Å². The van der Waals surface area contributed by atoms with E-state index in [1.807, 2.05) is 5.32 Å². The predicted molar refractivity (Wildman–Crippen MR) is 48.5 cm³/mol. The summed E-state index contributed by atoms with van der Waals surface area (Å²) in [6.07, 6.45) is 0.0399. The van der Waals surface area contributed by atoms with E-state index in [0.29, 0.717) is 5.57 Å². The SMILES string of the molecule is CC1=C(O)NC(C(=O)O)=C(F)C(=O)CC1. The molecule has 0 saturated carbocycles. The van der Waals surface area contributed by atoms with E-state index in [9.17, 15) is 19.1 Å². The average molecular weight is 215 g/mol. The lowest BCUT2D eigenvalue weighted by molar-refractivity contribution is -0.133. The van der Waals surface area contributed by atoms with E-state index in [-0.39, 0.29) is 12.8 Å². The van der Waals surface area contributed by atoms with Crippen LogP contribution in [0, 0.1) is 0 Å². The monoisotopic (exact) mass is 215 g/mol. The van der Waals surface area contributed by atoms with Crippen molar-refractivity contribution in [2.24, 2.45) is 0 Å². The van der Waals surface area contributed by atoms with Crippen LogP contribution in [0.2, 0.25) is 0 Å². The minimum atomic E-state index is -1.62. The van der Waals surface area contributed by atoms with Gasteiger partial charge in [-0.25, -0.2) is 9.18 Å². The van der Waals surface area contributed by atoms with Gasteiger partial charge >= 0.3 is 5.97 Å². The second-order valence-corrected chi connectivity index (χ2v) is 3.17. The normalized spacial score (nSPS) is 18.4. The fourth-order valence-corrected chi connectivity index (χ4v) is 1.10. The Kier molecular flexibility index (Phi) is 3.08. The van der Waals surface area contributed by atoms with Gasteiger partial charge < -0.3 is 15.5 Å². The molecule has 15 heavy (non-hydrogen) atoms. The topological polar surface area (TPSA) is 86.6 Å². The maximum atomic E-state index is 13.2. The van der Waals surface area contributed by atoms with Crippen LogP contribution in [0.5, 0.6) is 0 Å². The average Bonchev–Trinajstić information content (AvgIpc) is 2.18. The maximum Gasteiger partial charge on any atom is 0.355 e. The van der Waals surface area contributed by atoms with Crippen LogP contribution in [0.3, 0.4) is 0 Å². The van der Waals surface area contributed by atoms with Crippen LogP contribution in [0.15, 0.2) is 23.0 Å². The molecule has 0 aliphatic carbocycles. The Morgan fingerprint density at radius 2 is 2.07 bits per heavy atom. The molecule has 0 aromatic carbocycles. The summed E-state index contributed by atoms with van der Waals surface area (Å²) in [5, 5.41) is 19.9. The lowest BCUT2D eigenvalue weighted by atomic mass is 10.1. The number of allylic oxidation sites excluding steroid dienone is 2. The fourth-order valence-electron chi connectivity index (χ4n) is 1.10. The highest BCUT2D eigenvalue weighted by molar-refractivity contribution is 6.01. The van der Waals surface area contributed by atoms with Gasteiger partial charge in [0.05, 0.1) is 0 Å². The van der Waals surface area contributed by atoms with Crippen molar-refractivity contribution in [1.29, 1.82) is 0 Å². The van der Waals surface area contributed by atoms with Gasteiger partial charge in [-0.15, -0.1) is 0 Å². The molecule has 0 unspecified atom stereocenters. The number of aliphatic hydroxyl groups excluding tert-OH is 1. The van der Waals surface area contributed by atoms with Gasteiger partial charge in [0.2, 0.25) is 0 Å². The number of ketones is 1. The van der Waals surface area contributed by atoms with Gasteiger partial charge in [-0.1, -0.05) is 0 Å². The largest absolute Gasteiger partial charge is 0.495 e. The summed E-state index contributed by atoms with van der Waals surface area (Å²) in [6.45, 7) is 1.53. The standard InChI is InChI=1S/C9H10FNO4/c1-4-2-3-5(12)6(10)7(9(14)15)11-8(4)13/h11,13H,2-3H2,1H3,(H,14,15). The smallest absolute Gasteiger partial charge is 0.355 e. The molecule has 5 nitrogen and oxygen atoms in total. The van der Waals surface area contributed by atoms with Gasteiger partial charge in [0.15, 0.2) is 23.2 Å². The van der Waals surface area contributed by atoms with Gasteiger partial charge in [-0.05, 0) is 18.9 Å². The molecule has 3 N–H and O–H groups in total. The number of nitrogens with one attached hydrogen (secondary N) is 1. The highest BCUT2D eigenvalue weighted by Crippen LogP contribution is 2.18. The molecule has 0 saturated heterocycles. The molecule has 0 atom stereocenters. The summed E-state index contributed by atoms with van der Waals surface area (Å²) >= 11 is 0. The Hall–Kier alpha value is -1.85. The molecule has 0 bridgehead atoms. The van der Waals surface area contributed by atoms with Crippen molar-refractivity contribution >= 4 is 11.8 Å². The Bertz CT molecular complexity index is 384. The molecule has 1 aliphatic rings. The third-order valence-corrected chi connectivity index (χ3v) is 2.05. The molecule has 0 aromatic heterocycles.